The fourth-order valence-electron chi connectivity index (χ4n) is 0. The first-order chi connectivity index (χ1) is 1.41. The minimum Gasteiger partial charge on any atom is -0.101 e. The van der Waals surface area contributed by atoms with Crippen LogP contribution < -0.4 is 0 Å². The summed E-state index contributed by atoms with van der Waals surface area (Å²) in [5, 5.41) is 1.14. The molecule has 0 heterocycles. The monoisotopic (exact) mass is 83.0 g/mol. The highest BCUT2D eigenvalue weighted by Crippen LogP contribution is 1.47. The van der Waals surface area contributed by atoms with Gasteiger partial charge >= 0.3 is 23.1 Å². The van der Waals surface area contributed by atoms with Gasteiger partial charge in [0.2, 0.25) is 16.3 Å². The second-order valence-corrected chi connectivity index (χ2v) is 1.50. The first kappa shape index (κ1) is 9.00. The summed E-state index contributed by atoms with van der Waals surface area (Å²) in [6, 6.07) is 0. The molecule has 0 nitrogen and oxygen atoms in total. The fraction of sp³-hybridized carbons (Fsp3) is 0.500. The van der Waals surface area contributed by atoms with Crippen molar-refractivity contribution in [3.8, 4) is 0 Å². The molecule has 0 fully saturated rings. The summed E-state index contributed by atoms with van der Waals surface area (Å²) >= 11 is 1.26. The van der Waals surface area contributed by atoms with E-state index in [-0.39, 0.29) is 23.1 Å². The lowest BCUT2D eigenvalue weighted by Crippen LogP contribution is -1.42. The second-order valence-electron chi connectivity index (χ2n) is 0.500. The van der Waals surface area contributed by atoms with E-state index in [0.717, 1.165) is 5.28 Å². The van der Waals surface area contributed by atoms with Crippen molar-refractivity contribution in [2.24, 2.45) is 0 Å². The molecular formula is C2H8AlMg. The molecule has 0 atom stereocenters. The maximum Gasteiger partial charge on any atom is 0.316 e. The van der Waals surface area contributed by atoms with Gasteiger partial charge in [0, 0.05) is 0 Å². The summed E-state index contributed by atoms with van der Waals surface area (Å²) in [5.74, 6) is 0. The Kier molecular flexibility index (Phi) is 19.9. The Morgan fingerprint density at radius 2 is 1.75 bits per heavy atom. The zero-order chi connectivity index (χ0) is 2.71. The maximum atomic E-state index is 3.55. The summed E-state index contributed by atoms with van der Waals surface area (Å²) in [6.45, 7) is 3.55. The molecule has 0 rings (SSSR count). The molecule has 0 aromatic carbocycles. The van der Waals surface area contributed by atoms with E-state index in [2.05, 4.69) is 6.92 Å². The zero-order valence-corrected chi connectivity index (χ0v) is 4.41. The van der Waals surface area contributed by atoms with Crippen LogP contribution in [0.5, 0.6) is 0 Å². The highest BCUT2D eigenvalue weighted by atomic mass is 27.0. The molecule has 1 radical (unpaired) electrons. The average Bonchev–Trinajstić information content (AvgIpc) is 0.918. The lowest BCUT2D eigenvalue weighted by atomic mass is 11.0. The Morgan fingerprint density at radius 3 is 1.75 bits per heavy atom. The molecule has 0 amide bonds. The molecule has 0 saturated heterocycles. The van der Waals surface area contributed by atoms with Gasteiger partial charge in [-0.1, -0.05) is 6.92 Å². The van der Waals surface area contributed by atoms with E-state index < -0.39 is 0 Å². The molecule has 0 bridgehead atoms. The second kappa shape index (κ2) is 8.85. The van der Waals surface area contributed by atoms with Crippen LogP contribution in [0.3, 0.4) is 0 Å². The van der Waals surface area contributed by atoms with Crippen LogP contribution in [-0.2, 0) is 0 Å². The molecule has 0 aliphatic carbocycles. The third kappa shape index (κ3) is 10.3. The van der Waals surface area contributed by atoms with E-state index in [1.54, 1.807) is 0 Å². The van der Waals surface area contributed by atoms with Crippen molar-refractivity contribution in [2.45, 2.75) is 5.28 Å². The lowest BCUT2D eigenvalue weighted by Gasteiger charge is -1.44. The van der Waals surface area contributed by atoms with E-state index in [0.29, 0.717) is 0 Å². The van der Waals surface area contributed by atoms with Gasteiger partial charge in [0.25, 0.3) is 0 Å². The van der Waals surface area contributed by atoms with Crippen molar-refractivity contribution in [3.05, 3.63) is 6.92 Å². The van der Waals surface area contributed by atoms with E-state index >= 15 is 0 Å². The Bertz CT molecular complexity index is 6.00. The molecule has 0 unspecified atom stereocenters. The maximum absolute atomic E-state index is 3.55. The highest BCUT2D eigenvalue weighted by molar-refractivity contribution is 6.08. The van der Waals surface area contributed by atoms with E-state index in [9.17, 15) is 0 Å². The largest absolute Gasteiger partial charge is 0.316 e. The van der Waals surface area contributed by atoms with Gasteiger partial charge < -0.3 is 0 Å². The van der Waals surface area contributed by atoms with E-state index in [1.807, 2.05) is 0 Å². The van der Waals surface area contributed by atoms with Gasteiger partial charge in [-0.15, -0.1) is 5.28 Å². The molecule has 0 spiro atoms. The van der Waals surface area contributed by atoms with Crippen molar-refractivity contribution in [1.29, 1.82) is 0 Å². The first-order valence-corrected chi connectivity index (χ1v) is 2.62. The number of hydrogen-bond donors (Lipinski definition) is 0. The molecule has 0 N–H and O–H groups in total. The quantitative estimate of drug-likeness (QED) is 0.328. The SMILES string of the molecule is [CH2][CH2][AlH2].[MgH2]. The van der Waals surface area contributed by atoms with Crippen LogP contribution in [-0.4, -0.2) is 39.3 Å². The normalized spacial score (nSPS) is 4.25. The summed E-state index contributed by atoms with van der Waals surface area (Å²) in [7, 11) is 0. The van der Waals surface area contributed by atoms with Crippen LogP contribution in [0.25, 0.3) is 0 Å². The van der Waals surface area contributed by atoms with Crippen molar-refractivity contribution < 1.29 is 0 Å². The van der Waals surface area contributed by atoms with Crippen LogP contribution in [0.1, 0.15) is 0 Å². The Hall–Kier alpha value is 1.30. The van der Waals surface area contributed by atoms with Gasteiger partial charge in [0.15, 0.2) is 0 Å². The number of hydrogen-bond acceptors (Lipinski definition) is 0. The molecule has 21 valence electrons. The zero-order valence-electron chi connectivity index (χ0n) is 2.41. The standard InChI is InChI=1S/C2H4.Al.Mg.4H/c1-2;;;;;;/h1-2H2;;;;;;. The Balaban J connectivity index is 0. The van der Waals surface area contributed by atoms with Gasteiger partial charge in [0.05, 0.1) is 0 Å². The van der Waals surface area contributed by atoms with Gasteiger partial charge in [-0.25, -0.2) is 0 Å². The minimum atomic E-state index is 0. The van der Waals surface area contributed by atoms with Crippen LogP contribution in [0.2, 0.25) is 5.28 Å². The molecular weight excluding hydrogens is 75.3 g/mol. The smallest absolute Gasteiger partial charge is 0.101 e. The molecule has 0 saturated carbocycles. The molecule has 0 aliphatic rings. The van der Waals surface area contributed by atoms with Crippen LogP contribution in [0.15, 0.2) is 0 Å². The third-order valence-corrected chi connectivity index (χ3v) is 0. The van der Waals surface area contributed by atoms with E-state index in [4.69, 9.17) is 0 Å². The first-order valence-electron chi connectivity index (χ1n) is 1.21. The third-order valence-electron chi connectivity index (χ3n) is 0. The molecule has 0 aromatic rings. The minimum absolute atomic E-state index is 0. The number of rotatable bonds is 0. The van der Waals surface area contributed by atoms with Gasteiger partial charge in [-0.05, 0) is 0 Å². The summed E-state index contributed by atoms with van der Waals surface area (Å²) < 4.78 is 0. The van der Waals surface area contributed by atoms with Crippen molar-refractivity contribution in [3.63, 3.8) is 0 Å². The topological polar surface area (TPSA) is 0 Å². The summed E-state index contributed by atoms with van der Waals surface area (Å²) in [6.07, 6.45) is 0. The van der Waals surface area contributed by atoms with Crippen LogP contribution >= 0.6 is 0 Å². The predicted molar refractivity (Wildman–Crippen MR) is 27.3 cm³/mol. The molecule has 2 heteroatoms. The average molecular weight is 83.4 g/mol. The van der Waals surface area contributed by atoms with Gasteiger partial charge in [-0.3, -0.25) is 0 Å². The Morgan fingerprint density at radius 1 is 1.75 bits per heavy atom. The molecule has 0 aliphatic heterocycles. The van der Waals surface area contributed by atoms with Gasteiger partial charge in [0.1, 0.15) is 0 Å². The summed E-state index contributed by atoms with van der Waals surface area (Å²) in [4.78, 5) is 0. The predicted octanol–water partition coefficient (Wildman–Crippen LogP) is -1.04. The fourth-order valence-corrected chi connectivity index (χ4v) is 0. The van der Waals surface area contributed by atoms with Crippen LogP contribution in [0, 0.1) is 6.92 Å². The molecule has 4 heavy (non-hydrogen) atoms. The molecule has 0 aromatic heterocycles. The van der Waals surface area contributed by atoms with Crippen molar-refractivity contribution in [2.75, 3.05) is 0 Å². The lowest BCUT2D eigenvalue weighted by molar-refractivity contribution is 1.77. The van der Waals surface area contributed by atoms with Crippen LogP contribution in [0.4, 0.5) is 0 Å². The Labute approximate surface area is 51.5 Å². The highest BCUT2D eigenvalue weighted by Gasteiger charge is 1.41. The summed E-state index contributed by atoms with van der Waals surface area (Å²) in [5.41, 5.74) is 0. The van der Waals surface area contributed by atoms with Crippen molar-refractivity contribution >= 4 is 39.3 Å². The van der Waals surface area contributed by atoms with Crippen molar-refractivity contribution in [1.82, 2.24) is 0 Å². The van der Waals surface area contributed by atoms with E-state index in [1.165, 1.54) is 16.3 Å². The van der Waals surface area contributed by atoms with Gasteiger partial charge in [-0.2, -0.15) is 0 Å².